The van der Waals surface area contributed by atoms with Gasteiger partial charge in [0, 0.05) is 23.7 Å². The molecule has 1 aromatic rings. The van der Waals surface area contributed by atoms with Crippen molar-refractivity contribution in [2.75, 3.05) is 13.6 Å². The molecule has 0 aliphatic heterocycles. The number of hydrogen-bond acceptors (Lipinski definition) is 3. The lowest BCUT2D eigenvalue weighted by molar-refractivity contribution is -0.133. The Kier molecular flexibility index (Phi) is 4.90. The van der Waals surface area contributed by atoms with E-state index in [1.54, 1.807) is 18.4 Å². The van der Waals surface area contributed by atoms with Crippen molar-refractivity contribution in [1.29, 1.82) is 0 Å². The van der Waals surface area contributed by atoms with Crippen molar-refractivity contribution in [2.45, 2.75) is 33.7 Å². The molecular formula is C13H20N2O2S. The number of amides is 2. The highest BCUT2D eigenvalue weighted by molar-refractivity contribution is 7.12. The summed E-state index contributed by atoms with van der Waals surface area (Å²) in [5.41, 5.74) is 1.15. The average molecular weight is 268 g/mol. The predicted molar refractivity (Wildman–Crippen MR) is 73.7 cm³/mol. The minimum absolute atomic E-state index is 0.0252. The van der Waals surface area contributed by atoms with E-state index in [9.17, 15) is 9.59 Å². The number of nitrogens with zero attached hydrogens (tertiary/aromatic N) is 1. The molecule has 2 amide bonds. The molecule has 5 heteroatoms. The summed E-state index contributed by atoms with van der Waals surface area (Å²) in [7, 11) is 1.62. The zero-order chi connectivity index (χ0) is 13.9. The Morgan fingerprint density at radius 3 is 2.50 bits per heavy atom. The summed E-state index contributed by atoms with van der Waals surface area (Å²) in [5, 5.41) is 2.91. The van der Waals surface area contributed by atoms with Gasteiger partial charge in [0.1, 0.15) is 0 Å². The van der Waals surface area contributed by atoms with Crippen LogP contribution in [0.3, 0.4) is 0 Å². The Bertz CT molecular complexity index is 454. The highest BCUT2D eigenvalue weighted by atomic mass is 32.1. The van der Waals surface area contributed by atoms with Gasteiger partial charge in [-0.3, -0.25) is 9.59 Å². The van der Waals surface area contributed by atoms with E-state index in [0.29, 0.717) is 0 Å². The Hall–Kier alpha value is -1.36. The van der Waals surface area contributed by atoms with Crippen LogP contribution < -0.4 is 5.32 Å². The summed E-state index contributed by atoms with van der Waals surface area (Å²) < 4.78 is 0. The fourth-order valence-corrected chi connectivity index (χ4v) is 2.79. The Morgan fingerprint density at radius 2 is 2.06 bits per heavy atom. The third kappa shape index (κ3) is 3.84. The maximum absolute atomic E-state index is 11.8. The molecule has 100 valence electrons. The Morgan fingerprint density at radius 1 is 1.44 bits per heavy atom. The first-order valence-corrected chi connectivity index (χ1v) is 6.71. The van der Waals surface area contributed by atoms with Crippen molar-refractivity contribution >= 4 is 23.2 Å². The summed E-state index contributed by atoms with van der Waals surface area (Å²) in [4.78, 5) is 26.7. The molecule has 0 bridgehead atoms. The number of thiophene rings is 1. The number of carbonyl (C=O) groups excluding carboxylic acids is 2. The molecule has 0 saturated carbocycles. The highest BCUT2D eigenvalue weighted by Gasteiger charge is 2.15. The van der Waals surface area contributed by atoms with E-state index in [1.807, 2.05) is 6.92 Å². The van der Waals surface area contributed by atoms with Gasteiger partial charge < -0.3 is 10.2 Å². The zero-order valence-corrected chi connectivity index (χ0v) is 12.4. The average Bonchev–Trinajstić information content (AvgIpc) is 2.57. The van der Waals surface area contributed by atoms with Gasteiger partial charge in [0.05, 0.1) is 12.6 Å². The van der Waals surface area contributed by atoms with Crippen molar-refractivity contribution in [3.05, 3.63) is 21.4 Å². The van der Waals surface area contributed by atoms with E-state index >= 15 is 0 Å². The van der Waals surface area contributed by atoms with Gasteiger partial charge in [-0.1, -0.05) is 0 Å². The molecule has 0 aliphatic carbocycles. The minimum Gasteiger partial charge on any atom is -0.348 e. The van der Waals surface area contributed by atoms with Crippen molar-refractivity contribution < 1.29 is 9.59 Å². The van der Waals surface area contributed by atoms with E-state index in [0.717, 1.165) is 5.56 Å². The Labute approximate surface area is 112 Å². The molecule has 18 heavy (non-hydrogen) atoms. The molecule has 1 rings (SSSR count). The van der Waals surface area contributed by atoms with Crippen LogP contribution in [-0.4, -0.2) is 30.3 Å². The van der Waals surface area contributed by atoms with Crippen LogP contribution in [0.5, 0.6) is 0 Å². The molecular weight excluding hydrogens is 248 g/mol. The SMILES string of the molecule is CC(=O)N(C)CC(=O)NC(C)c1cc(C)sc1C. The van der Waals surface area contributed by atoms with Crippen LogP contribution in [0.15, 0.2) is 6.07 Å². The van der Waals surface area contributed by atoms with Crippen molar-refractivity contribution in [1.82, 2.24) is 10.2 Å². The fourth-order valence-electron chi connectivity index (χ4n) is 1.77. The maximum Gasteiger partial charge on any atom is 0.240 e. The summed E-state index contributed by atoms with van der Waals surface area (Å²) in [6, 6.07) is 2.07. The zero-order valence-electron chi connectivity index (χ0n) is 11.5. The lowest BCUT2D eigenvalue weighted by atomic mass is 10.1. The van der Waals surface area contributed by atoms with Crippen LogP contribution in [0.2, 0.25) is 0 Å². The van der Waals surface area contributed by atoms with Crippen LogP contribution in [0.4, 0.5) is 0 Å². The molecule has 1 unspecified atom stereocenters. The number of aryl methyl sites for hydroxylation is 2. The Balaban J connectivity index is 2.60. The molecule has 0 fully saturated rings. The molecule has 0 radical (unpaired) electrons. The summed E-state index contributed by atoms with van der Waals surface area (Å²) in [6.45, 7) is 7.61. The molecule has 1 atom stereocenters. The van der Waals surface area contributed by atoms with E-state index in [4.69, 9.17) is 0 Å². The molecule has 4 nitrogen and oxygen atoms in total. The monoisotopic (exact) mass is 268 g/mol. The summed E-state index contributed by atoms with van der Waals surface area (Å²) >= 11 is 1.73. The van der Waals surface area contributed by atoms with E-state index in [2.05, 4.69) is 25.2 Å². The smallest absolute Gasteiger partial charge is 0.240 e. The number of hydrogen-bond donors (Lipinski definition) is 1. The van der Waals surface area contributed by atoms with Gasteiger partial charge in [-0.2, -0.15) is 0 Å². The van der Waals surface area contributed by atoms with Gasteiger partial charge in [0.2, 0.25) is 11.8 Å². The number of carbonyl (C=O) groups is 2. The number of rotatable bonds is 4. The van der Waals surface area contributed by atoms with Crippen LogP contribution in [0, 0.1) is 13.8 Å². The molecule has 0 aromatic carbocycles. The number of likely N-dealkylation sites (N-methyl/N-ethyl adjacent to an activating group) is 1. The van der Waals surface area contributed by atoms with Crippen LogP contribution in [0.25, 0.3) is 0 Å². The van der Waals surface area contributed by atoms with Crippen LogP contribution in [0.1, 0.15) is 35.2 Å². The first-order chi connectivity index (χ1) is 8.31. The standard InChI is InChI=1S/C13H20N2O2S/c1-8-6-12(10(3)18-8)9(2)14-13(17)7-15(5)11(4)16/h6,9H,7H2,1-5H3,(H,14,17). The molecule has 0 spiro atoms. The van der Waals surface area contributed by atoms with Gasteiger partial charge >= 0.3 is 0 Å². The fraction of sp³-hybridized carbons (Fsp3) is 0.538. The largest absolute Gasteiger partial charge is 0.348 e. The van der Waals surface area contributed by atoms with Gasteiger partial charge in [0.15, 0.2) is 0 Å². The van der Waals surface area contributed by atoms with Gasteiger partial charge in [0.25, 0.3) is 0 Å². The second kappa shape index (κ2) is 6.00. The topological polar surface area (TPSA) is 49.4 Å². The van der Waals surface area contributed by atoms with Crippen molar-refractivity contribution in [2.24, 2.45) is 0 Å². The second-order valence-corrected chi connectivity index (χ2v) is 5.99. The molecule has 0 aliphatic rings. The highest BCUT2D eigenvalue weighted by Crippen LogP contribution is 2.25. The minimum atomic E-state index is -0.136. The van der Waals surface area contributed by atoms with Gasteiger partial charge in [-0.15, -0.1) is 11.3 Å². The first-order valence-electron chi connectivity index (χ1n) is 5.89. The van der Waals surface area contributed by atoms with Crippen molar-refractivity contribution in [3.8, 4) is 0 Å². The predicted octanol–water partition coefficient (Wildman–Crippen LogP) is 2.02. The van der Waals surface area contributed by atoms with E-state index in [1.165, 1.54) is 21.6 Å². The third-order valence-corrected chi connectivity index (χ3v) is 3.82. The number of nitrogens with one attached hydrogen (secondary N) is 1. The maximum atomic E-state index is 11.8. The molecule has 1 aromatic heterocycles. The van der Waals surface area contributed by atoms with Crippen LogP contribution >= 0.6 is 11.3 Å². The van der Waals surface area contributed by atoms with Crippen molar-refractivity contribution in [3.63, 3.8) is 0 Å². The van der Waals surface area contributed by atoms with E-state index < -0.39 is 0 Å². The summed E-state index contributed by atoms with van der Waals surface area (Å²) in [6.07, 6.45) is 0. The molecule has 0 saturated heterocycles. The van der Waals surface area contributed by atoms with Gasteiger partial charge in [-0.25, -0.2) is 0 Å². The van der Waals surface area contributed by atoms with E-state index in [-0.39, 0.29) is 24.4 Å². The quantitative estimate of drug-likeness (QED) is 0.908. The first kappa shape index (κ1) is 14.7. The summed E-state index contributed by atoms with van der Waals surface area (Å²) in [5.74, 6) is -0.246. The van der Waals surface area contributed by atoms with Crippen LogP contribution in [-0.2, 0) is 9.59 Å². The normalized spacial score (nSPS) is 12.1. The lowest BCUT2D eigenvalue weighted by Crippen LogP contribution is -2.38. The molecule has 1 N–H and O–H groups in total. The third-order valence-electron chi connectivity index (χ3n) is 2.84. The second-order valence-electron chi connectivity index (χ2n) is 4.53. The van der Waals surface area contributed by atoms with Gasteiger partial charge in [-0.05, 0) is 32.4 Å². The lowest BCUT2D eigenvalue weighted by Gasteiger charge is -2.18. The molecule has 1 heterocycles.